The highest BCUT2D eigenvalue weighted by Gasteiger charge is 2.33. The predicted molar refractivity (Wildman–Crippen MR) is 108 cm³/mol. The molecule has 2 aliphatic heterocycles. The number of carbonyl (C=O) groups is 1. The van der Waals surface area contributed by atoms with E-state index < -0.39 is 10.0 Å². The highest BCUT2D eigenvalue weighted by atomic mass is 32.2. The molecule has 6 nitrogen and oxygen atoms in total. The lowest BCUT2D eigenvalue weighted by Crippen LogP contribution is -2.38. The predicted octanol–water partition coefficient (Wildman–Crippen LogP) is 3.30. The number of ether oxygens (including phenoxy) is 1. The van der Waals surface area contributed by atoms with Gasteiger partial charge in [0.05, 0.1) is 13.2 Å². The van der Waals surface area contributed by atoms with Crippen molar-refractivity contribution in [1.29, 1.82) is 0 Å². The van der Waals surface area contributed by atoms with Gasteiger partial charge < -0.3 is 9.64 Å². The maximum atomic E-state index is 13.2. The van der Waals surface area contributed by atoms with E-state index in [1.54, 1.807) is 23.5 Å². The average Bonchev–Trinajstić information content (AvgIpc) is 3.39. The van der Waals surface area contributed by atoms with Crippen molar-refractivity contribution in [1.82, 2.24) is 9.21 Å². The van der Waals surface area contributed by atoms with E-state index in [9.17, 15) is 13.2 Å². The summed E-state index contributed by atoms with van der Waals surface area (Å²) in [5, 5.41) is 2.06. The lowest BCUT2D eigenvalue weighted by molar-refractivity contribution is 0.0679. The van der Waals surface area contributed by atoms with Gasteiger partial charge in [-0.1, -0.05) is 0 Å². The Labute approximate surface area is 169 Å². The van der Waals surface area contributed by atoms with Crippen LogP contribution in [0.25, 0.3) is 0 Å². The Morgan fingerprint density at radius 2 is 1.93 bits per heavy atom. The Morgan fingerprint density at radius 3 is 2.64 bits per heavy atom. The first-order valence-corrected chi connectivity index (χ1v) is 11.8. The quantitative estimate of drug-likeness (QED) is 0.761. The fourth-order valence-electron chi connectivity index (χ4n) is 4.03. The molecule has 0 aliphatic carbocycles. The van der Waals surface area contributed by atoms with E-state index in [0.717, 1.165) is 19.3 Å². The standard InChI is InChI=1S/C20H24N2O4S2/c1-14-16-8-12-27-18(16)7-11-22(14)20(23)15-5-6-17(26-2)19(13-15)28(24,25)21-9-3-4-10-21/h5-6,8,12-14H,3-4,7,9-11H2,1-2H3/t14-/m1/s1. The molecule has 4 rings (SSSR count). The van der Waals surface area contributed by atoms with Crippen molar-refractivity contribution in [3.63, 3.8) is 0 Å². The van der Waals surface area contributed by atoms with Gasteiger partial charge in [-0.2, -0.15) is 4.31 Å². The van der Waals surface area contributed by atoms with Gasteiger partial charge in [0.2, 0.25) is 10.0 Å². The van der Waals surface area contributed by atoms with Gasteiger partial charge in [-0.25, -0.2) is 8.42 Å². The third kappa shape index (κ3) is 3.23. The van der Waals surface area contributed by atoms with Gasteiger partial charge in [-0.3, -0.25) is 4.79 Å². The van der Waals surface area contributed by atoms with Crippen LogP contribution < -0.4 is 4.74 Å². The van der Waals surface area contributed by atoms with E-state index in [4.69, 9.17) is 4.74 Å². The number of thiophene rings is 1. The van der Waals surface area contributed by atoms with E-state index in [0.29, 0.717) is 25.2 Å². The van der Waals surface area contributed by atoms with Crippen molar-refractivity contribution in [2.45, 2.75) is 37.1 Å². The first kappa shape index (κ1) is 19.4. The van der Waals surface area contributed by atoms with Crippen molar-refractivity contribution in [3.05, 3.63) is 45.6 Å². The van der Waals surface area contributed by atoms with E-state index in [-0.39, 0.29) is 22.6 Å². The summed E-state index contributed by atoms with van der Waals surface area (Å²) < 4.78 is 32.9. The molecular weight excluding hydrogens is 396 g/mol. The summed E-state index contributed by atoms with van der Waals surface area (Å²) in [6.45, 7) is 3.67. The minimum absolute atomic E-state index is 0.0248. The van der Waals surface area contributed by atoms with Gasteiger partial charge >= 0.3 is 0 Å². The Bertz CT molecular complexity index is 993. The van der Waals surface area contributed by atoms with Crippen LogP contribution in [-0.4, -0.2) is 50.3 Å². The molecular formula is C20H24N2O4S2. The van der Waals surface area contributed by atoms with Gasteiger partial charge in [-0.05, 0) is 61.4 Å². The normalized spacial score (nSPS) is 20.2. The summed E-state index contributed by atoms with van der Waals surface area (Å²) in [4.78, 5) is 16.4. The lowest BCUT2D eigenvalue weighted by Gasteiger charge is -2.34. The van der Waals surface area contributed by atoms with Crippen molar-refractivity contribution in [3.8, 4) is 5.75 Å². The first-order chi connectivity index (χ1) is 13.4. The molecule has 2 aliphatic rings. The second-order valence-corrected chi connectivity index (χ2v) is 10.1. The molecule has 0 bridgehead atoms. The second kappa shape index (κ2) is 7.50. The smallest absolute Gasteiger partial charge is 0.254 e. The average molecular weight is 421 g/mol. The fraction of sp³-hybridized carbons (Fsp3) is 0.450. The maximum absolute atomic E-state index is 13.2. The molecule has 2 aromatic rings. The van der Waals surface area contributed by atoms with E-state index >= 15 is 0 Å². The van der Waals surface area contributed by atoms with Crippen LogP contribution in [-0.2, 0) is 16.4 Å². The van der Waals surface area contributed by atoms with Crippen LogP contribution in [0.4, 0.5) is 0 Å². The van der Waals surface area contributed by atoms with Crippen molar-refractivity contribution in [2.75, 3.05) is 26.7 Å². The number of benzene rings is 1. The van der Waals surface area contributed by atoms with Crippen LogP contribution >= 0.6 is 11.3 Å². The molecule has 0 saturated carbocycles. The molecule has 1 fully saturated rings. The summed E-state index contributed by atoms with van der Waals surface area (Å²) in [5.74, 6) is 0.125. The zero-order chi connectivity index (χ0) is 19.9. The third-order valence-corrected chi connectivity index (χ3v) is 8.55. The molecule has 28 heavy (non-hydrogen) atoms. The van der Waals surface area contributed by atoms with E-state index in [1.165, 1.54) is 27.9 Å². The molecule has 0 radical (unpaired) electrons. The molecule has 3 heterocycles. The number of rotatable bonds is 4. The molecule has 8 heteroatoms. The minimum atomic E-state index is -3.68. The largest absolute Gasteiger partial charge is 0.495 e. The van der Waals surface area contributed by atoms with Gasteiger partial charge in [0, 0.05) is 30.1 Å². The molecule has 150 valence electrons. The van der Waals surface area contributed by atoms with Crippen molar-refractivity contribution < 1.29 is 17.9 Å². The van der Waals surface area contributed by atoms with Crippen LogP contribution in [0.5, 0.6) is 5.75 Å². The molecule has 0 unspecified atom stereocenters. The fourth-order valence-corrected chi connectivity index (χ4v) is 6.69. The highest BCUT2D eigenvalue weighted by molar-refractivity contribution is 7.89. The number of amides is 1. The van der Waals surface area contributed by atoms with Gasteiger partial charge in [0.1, 0.15) is 10.6 Å². The van der Waals surface area contributed by atoms with E-state index in [2.05, 4.69) is 11.4 Å². The number of nitrogens with zero attached hydrogens (tertiary/aromatic N) is 2. The van der Waals surface area contributed by atoms with E-state index in [1.807, 2.05) is 11.8 Å². The maximum Gasteiger partial charge on any atom is 0.254 e. The molecule has 1 amide bonds. The Hall–Kier alpha value is -1.90. The first-order valence-electron chi connectivity index (χ1n) is 9.49. The summed E-state index contributed by atoms with van der Waals surface area (Å²) in [6.07, 6.45) is 2.54. The molecule has 1 aromatic heterocycles. The number of sulfonamides is 1. The number of carbonyl (C=O) groups excluding carboxylic acids is 1. The molecule has 0 spiro atoms. The molecule has 1 atom stereocenters. The van der Waals surface area contributed by atoms with Gasteiger partial charge in [0.15, 0.2) is 0 Å². The minimum Gasteiger partial charge on any atom is -0.495 e. The van der Waals surface area contributed by atoms with Crippen LogP contribution in [0.1, 0.15) is 46.6 Å². The number of hydrogen-bond acceptors (Lipinski definition) is 5. The highest BCUT2D eigenvalue weighted by Crippen LogP contribution is 2.35. The summed E-state index contributed by atoms with van der Waals surface area (Å²) >= 11 is 1.72. The molecule has 1 aromatic carbocycles. The van der Waals surface area contributed by atoms with Crippen LogP contribution in [0.2, 0.25) is 0 Å². The van der Waals surface area contributed by atoms with Crippen LogP contribution in [0.15, 0.2) is 34.5 Å². The number of hydrogen-bond donors (Lipinski definition) is 0. The Kier molecular flexibility index (Phi) is 5.20. The lowest BCUT2D eigenvalue weighted by atomic mass is 10.0. The molecule has 0 N–H and O–H groups in total. The summed E-state index contributed by atoms with van der Waals surface area (Å²) in [5.41, 5.74) is 1.56. The zero-order valence-corrected chi connectivity index (χ0v) is 17.7. The van der Waals surface area contributed by atoms with Gasteiger partial charge in [0.25, 0.3) is 5.91 Å². The SMILES string of the molecule is COc1ccc(C(=O)N2CCc3sccc3[C@H]2C)cc1S(=O)(=O)N1CCCC1. The monoisotopic (exact) mass is 420 g/mol. The van der Waals surface area contributed by atoms with Crippen molar-refractivity contribution >= 4 is 27.3 Å². The summed E-state index contributed by atoms with van der Waals surface area (Å²) in [7, 11) is -2.23. The topological polar surface area (TPSA) is 66.9 Å². The zero-order valence-electron chi connectivity index (χ0n) is 16.1. The van der Waals surface area contributed by atoms with Crippen LogP contribution in [0.3, 0.4) is 0 Å². The third-order valence-electron chi connectivity index (χ3n) is 5.63. The Morgan fingerprint density at radius 1 is 1.18 bits per heavy atom. The second-order valence-electron chi connectivity index (χ2n) is 7.20. The Balaban J connectivity index is 1.68. The molecule has 1 saturated heterocycles. The van der Waals surface area contributed by atoms with Gasteiger partial charge in [-0.15, -0.1) is 11.3 Å². The number of fused-ring (bicyclic) bond motifs is 1. The van der Waals surface area contributed by atoms with Crippen LogP contribution in [0, 0.1) is 0 Å². The number of methoxy groups -OCH3 is 1. The van der Waals surface area contributed by atoms with Crippen molar-refractivity contribution in [2.24, 2.45) is 0 Å². The summed E-state index contributed by atoms with van der Waals surface area (Å²) in [6, 6.07) is 6.76.